The highest BCUT2D eigenvalue weighted by atomic mass is 35.5. The molecule has 2 aromatic carbocycles. The summed E-state index contributed by atoms with van der Waals surface area (Å²) in [6.07, 6.45) is 0.655. The molecule has 1 aromatic heterocycles. The number of para-hydroxylation sites is 1. The number of halogens is 1. The molecule has 1 amide bonds. The van der Waals surface area contributed by atoms with Crippen molar-refractivity contribution in [3.63, 3.8) is 0 Å². The third-order valence-corrected chi connectivity index (χ3v) is 4.27. The fourth-order valence-electron chi connectivity index (χ4n) is 2.54. The van der Waals surface area contributed by atoms with Gasteiger partial charge in [0.05, 0.1) is 11.6 Å². The van der Waals surface area contributed by atoms with Crippen molar-refractivity contribution in [2.24, 2.45) is 0 Å². The minimum absolute atomic E-state index is 0.108. The highest BCUT2D eigenvalue weighted by Gasteiger charge is 2.16. The van der Waals surface area contributed by atoms with Crippen LogP contribution >= 0.6 is 11.6 Å². The van der Waals surface area contributed by atoms with Crippen LogP contribution in [0, 0.1) is 0 Å². The van der Waals surface area contributed by atoms with Gasteiger partial charge in [0.15, 0.2) is 0 Å². The smallest absolute Gasteiger partial charge is 0.242 e. The van der Waals surface area contributed by atoms with Crippen LogP contribution in [-0.4, -0.2) is 33.6 Å². The number of nitrogens with one attached hydrogen (secondary N) is 2. The van der Waals surface area contributed by atoms with Crippen molar-refractivity contribution in [2.45, 2.75) is 19.1 Å². The fourth-order valence-corrected chi connectivity index (χ4v) is 2.67. The molecule has 2 unspecified atom stereocenters. The quantitative estimate of drug-likeness (QED) is 0.621. The Bertz CT molecular complexity index is 896. The second-order valence-corrected chi connectivity index (χ2v) is 6.35. The van der Waals surface area contributed by atoms with E-state index in [1.165, 1.54) is 6.33 Å². The van der Waals surface area contributed by atoms with Crippen LogP contribution in [-0.2, 0) is 4.79 Å². The van der Waals surface area contributed by atoms with Crippen molar-refractivity contribution >= 4 is 34.2 Å². The van der Waals surface area contributed by atoms with Gasteiger partial charge in [-0.1, -0.05) is 35.9 Å². The van der Waals surface area contributed by atoms with E-state index in [1.54, 1.807) is 31.2 Å². The molecular formula is C19H19ClN4O2. The maximum Gasteiger partial charge on any atom is 0.242 e. The Morgan fingerprint density at radius 1 is 1.15 bits per heavy atom. The largest absolute Gasteiger partial charge is 0.387 e. The summed E-state index contributed by atoms with van der Waals surface area (Å²) in [5.74, 6) is 0.359. The number of fused-ring (bicyclic) bond motifs is 1. The second-order valence-electron chi connectivity index (χ2n) is 5.92. The number of rotatable bonds is 6. The number of anilines is 1. The van der Waals surface area contributed by atoms with Crippen LogP contribution < -0.4 is 10.6 Å². The molecule has 6 nitrogen and oxygen atoms in total. The third kappa shape index (κ3) is 4.28. The average molecular weight is 371 g/mol. The molecule has 0 aliphatic heterocycles. The Morgan fingerprint density at radius 3 is 2.65 bits per heavy atom. The predicted molar refractivity (Wildman–Crippen MR) is 102 cm³/mol. The van der Waals surface area contributed by atoms with Crippen LogP contribution in [0.3, 0.4) is 0 Å². The molecular weight excluding hydrogens is 352 g/mol. The van der Waals surface area contributed by atoms with Crippen LogP contribution in [0.2, 0.25) is 5.02 Å². The number of aliphatic hydroxyl groups excluding tert-OH is 1. The third-order valence-electron chi connectivity index (χ3n) is 4.01. The first-order chi connectivity index (χ1) is 12.5. The van der Waals surface area contributed by atoms with Crippen LogP contribution in [0.4, 0.5) is 5.82 Å². The summed E-state index contributed by atoms with van der Waals surface area (Å²) < 4.78 is 0. The lowest BCUT2D eigenvalue weighted by atomic mass is 10.1. The van der Waals surface area contributed by atoms with Gasteiger partial charge in [-0.2, -0.15) is 0 Å². The number of carbonyl (C=O) groups excluding carboxylic acids is 1. The van der Waals surface area contributed by atoms with Gasteiger partial charge in [0.25, 0.3) is 0 Å². The maximum atomic E-state index is 12.3. The van der Waals surface area contributed by atoms with Gasteiger partial charge in [-0.15, -0.1) is 0 Å². The molecule has 1 heterocycles. The number of aliphatic hydroxyl groups is 1. The molecule has 0 aliphatic rings. The number of carbonyl (C=O) groups is 1. The van der Waals surface area contributed by atoms with Gasteiger partial charge in [0.2, 0.25) is 5.91 Å². The lowest BCUT2D eigenvalue weighted by Crippen LogP contribution is -2.39. The first-order valence-corrected chi connectivity index (χ1v) is 8.60. The number of hydrogen-bond acceptors (Lipinski definition) is 5. The van der Waals surface area contributed by atoms with Crippen molar-refractivity contribution in [3.05, 3.63) is 65.4 Å². The first-order valence-electron chi connectivity index (χ1n) is 8.22. The Labute approximate surface area is 156 Å². The number of benzene rings is 2. The highest BCUT2D eigenvalue weighted by molar-refractivity contribution is 6.30. The van der Waals surface area contributed by atoms with E-state index in [2.05, 4.69) is 20.6 Å². The zero-order valence-electron chi connectivity index (χ0n) is 14.2. The van der Waals surface area contributed by atoms with Crippen molar-refractivity contribution < 1.29 is 9.90 Å². The molecule has 0 aliphatic carbocycles. The van der Waals surface area contributed by atoms with Crippen molar-refractivity contribution in [3.8, 4) is 0 Å². The molecule has 0 spiro atoms. The maximum absolute atomic E-state index is 12.3. The molecule has 3 N–H and O–H groups in total. The lowest BCUT2D eigenvalue weighted by molar-refractivity contribution is -0.122. The Balaban J connectivity index is 1.60. The van der Waals surface area contributed by atoms with Crippen LogP contribution in [0.1, 0.15) is 18.6 Å². The summed E-state index contributed by atoms with van der Waals surface area (Å²) in [5.41, 5.74) is 1.49. The number of hydrogen-bond donors (Lipinski definition) is 3. The van der Waals surface area contributed by atoms with Crippen LogP contribution in [0.15, 0.2) is 54.9 Å². The van der Waals surface area contributed by atoms with Gasteiger partial charge in [-0.25, -0.2) is 9.97 Å². The minimum atomic E-state index is -0.803. The minimum Gasteiger partial charge on any atom is -0.387 e. The molecule has 3 rings (SSSR count). The second kappa shape index (κ2) is 8.12. The van der Waals surface area contributed by atoms with E-state index in [4.69, 9.17) is 11.6 Å². The normalized spacial score (nSPS) is 13.2. The van der Waals surface area contributed by atoms with Crippen molar-refractivity contribution in [1.29, 1.82) is 0 Å². The summed E-state index contributed by atoms with van der Waals surface area (Å²) in [4.78, 5) is 20.7. The average Bonchev–Trinajstić information content (AvgIpc) is 2.66. The van der Waals surface area contributed by atoms with Gasteiger partial charge in [-0.05, 0) is 36.8 Å². The summed E-state index contributed by atoms with van der Waals surface area (Å²) in [5, 5.41) is 17.4. The van der Waals surface area contributed by atoms with E-state index < -0.39 is 12.1 Å². The zero-order chi connectivity index (χ0) is 18.5. The Morgan fingerprint density at radius 2 is 1.88 bits per heavy atom. The van der Waals surface area contributed by atoms with Gasteiger partial charge >= 0.3 is 0 Å². The van der Waals surface area contributed by atoms with Gasteiger partial charge in [0.1, 0.15) is 18.2 Å². The monoisotopic (exact) mass is 370 g/mol. The molecule has 134 valence electrons. The van der Waals surface area contributed by atoms with Crippen molar-refractivity contribution in [2.75, 3.05) is 11.9 Å². The van der Waals surface area contributed by atoms with Gasteiger partial charge in [-0.3, -0.25) is 4.79 Å². The number of nitrogens with zero attached hydrogens (tertiary/aromatic N) is 2. The molecule has 0 fully saturated rings. The van der Waals surface area contributed by atoms with Gasteiger partial charge in [0, 0.05) is 17.0 Å². The molecule has 3 aromatic rings. The molecule has 0 saturated carbocycles. The topological polar surface area (TPSA) is 87.1 Å². The lowest BCUT2D eigenvalue weighted by Gasteiger charge is -2.17. The van der Waals surface area contributed by atoms with E-state index in [-0.39, 0.29) is 12.5 Å². The summed E-state index contributed by atoms with van der Waals surface area (Å²) in [6.45, 7) is 1.85. The van der Waals surface area contributed by atoms with Gasteiger partial charge < -0.3 is 15.7 Å². The zero-order valence-corrected chi connectivity index (χ0v) is 14.9. The molecule has 26 heavy (non-hydrogen) atoms. The highest BCUT2D eigenvalue weighted by Crippen LogP contribution is 2.19. The molecule has 2 atom stereocenters. The van der Waals surface area contributed by atoms with Crippen LogP contribution in [0.25, 0.3) is 10.9 Å². The summed E-state index contributed by atoms with van der Waals surface area (Å²) in [7, 11) is 0. The molecule has 7 heteroatoms. The van der Waals surface area contributed by atoms with E-state index in [1.807, 2.05) is 24.3 Å². The van der Waals surface area contributed by atoms with Crippen LogP contribution in [0.5, 0.6) is 0 Å². The number of aromatic nitrogens is 2. The number of amides is 1. The van der Waals surface area contributed by atoms with E-state index in [9.17, 15) is 9.90 Å². The molecule has 0 radical (unpaired) electrons. The Hall–Kier alpha value is -2.70. The Kier molecular flexibility index (Phi) is 5.65. The fraction of sp³-hybridized carbons (Fsp3) is 0.211. The van der Waals surface area contributed by atoms with E-state index >= 15 is 0 Å². The molecule has 0 bridgehead atoms. The van der Waals surface area contributed by atoms with Crippen molar-refractivity contribution in [1.82, 2.24) is 15.3 Å². The predicted octanol–water partition coefficient (Wildman–Crippen LogP) is 2.93. The summed E-state index contributed by atoms with van der Waals surface area (Å²) in [6, 6.07) is 13.9. The van der Waals surface area contributed by atoms with E-state index in [0.717, 1.165) is 10.9 Å². The van der Waals surface area contributed by atoms with E-state index in [0.29, 0.717) is 16.4 Å². The SMILES string of the molecule is CC(Nc1ncnc2ccccc12)C(=O)NCC(O)c1ccc(Cl)cc1. The summed E-state index contributed by atoms with van der Waals surface area (Å²) >= 11 is 5.83. The first kappa shape index (κ1) is 18.1. The standard InChI is InChI=1S/C19H19ClN4O2/c1-12(24-18-15-4-2-3-5-16(15)22-11-23-18)19(26)21-10-17(25)13-6-8-14(20)9-7-13/h2-9,11-12,17,25H,10H2,1H3,(H,21,26)(H,22,23,24). The molecule has 0 saturated heterocycles.